The summed E-state index contributed by atoms with van der Waals surface area (Å²) in [5.41, 5.74) is 1.77. The average Bonchev–Trinajstić information content (AvgIpc) is 2.76. The largest absolute Gasteiger partial charge is 0.369 e. The predicted octanol–water partition coefficient (Wildman–Crippen LogP) is 3.22. The summed E-state index contributed by atoms with van der Waals surface area (Å²) in [4.78, 5) is 13.7. The van der Waals surface area contributed by atoms with E-state index in [2.05, 4.69) is 0 Å². The smallest absolute Gasteiger partial charge is 0.162 e. The molecule has 0 bridgehead atoms. The molecule has 1 unspecified atom stereocenters. The lowest BCUT2D eigenvalue weighted by atomic mass is 10.1. The van der Waals surface area contributed by atoms with E-state index in [1.165, 1.54) is 0 Å². The van der Waals surface area contributed by atoms with E-state index >= 15 is 0 Å². The van der Waals surface area contributed by atoms with Crippen molar-refractivity contribution in [1.82, 2.24) is 0 Å². The Labute approximate surface area is 101 Å². The molecule has 2 nitrogen and oxygen atoms in total. The quantitative estimate of drug-likeness (QED) is 0.747. The molecule has 1 atom stereocenters. The molecule has 2 rings (SSSR count). The minimum atomic E-state index is -0.712. The van der Waals surface area contributed by atoms with E-state index in [4.69, 9.17) is 0 Å². The van der Waals surface area contributed by atoms with Crippen molar-refractivity contribution in [3.8, 4) is 0 Å². The maximum Gasteiger partial charge on any atom is 0.162 e. The number of carbonyl (C=O) groups is 1. The van der Waals surface area contributed by atoms with Crippen LogP contribution < -0.4 is 4.90 Å². The van der Waals surface area contributed by atoms with Gasteiger partial charge in [0.2, 0.25) is 0 Å². The van der Waals surface area contributed by atoms with Gasteiger partial charge in [-0.1, -0.05) is 6.92 Å². The third-order valence-corrected chi connectivity index (χ3v) is 3.16. The molecular weight excluding hydrogens is 217 g/mol. The molecule has 17 heavy (non-hydrogen) atoms. The lowest BCUT2D eigenvalue weighted by molar-refractivity contribution is 0.0982. The van der Waals surface area contributed by atoms with E-state index in [-0.39, 0.29) is 5.78 Å². The summed E-state index contributed by atoms with van der Waals surface area (Å²) in [6.45, 7) is 3.24. The Kier molecular flexibility index (Phi) is 3.77. The molecule has 0 spiro atoms. The highest BCUT2D eigenvalue weighted by molar-refractivity contribution is 5.96. The molecule has 1 fully saturated rings. The van der Waals surface area contributed by atoms with Crippen molar-refractivity contribution in [2.45, 2.75) is 32.4 Å². The number of hydrogen-bond acceptors (Lipinski definition) is 2. The van der Waals surface area contributed by atoms with Crippen molar-refractivity contribution in [1.29, 1.82) is 0 Å². The molecule has 0 N–H and O–H groups in total. The van der Waals surface area contributed by atoms with Crippen molar-refractivity contribution in [2.24, 2.45) is 0 Å². The van der Waals surface area contributed by atoms with Gasteiger partial charge in [-0.05, 0) is 37.1 Å². The van der Waals surface area contributed by atoms with Crippen molar-refractivity contribution in [3.05, 3.63) is 29.8 Å². The van der Waals surface area contributed by atoms with E-state index in [0.717, 1.165) is 24.2 Å². The second-order valence-corrected chi connectivity index (χ2v) is 4.55. The maximum atomic E-state index is 13.1. The van der Waals surface area contributed by atoms with Crippen LogP contribution in [0.2, 0.25) is 0 Å². The molecule has 0 aliphatic carbocycles. The fraction of sp³-hybridized carbons (Fsp3) is 0.500. The number of carbonyl (C=O) groups excluding carboxylic acids is 1. The zero-order valence-corrected chi connectivity index (χ0v) is 10.2. The summed E-state index contributed by atoms with van der Waals surface area (Å²) in [5.74, 6) is 0.184. The predicted molar refractivity (Wildman–Crippen MR) is 67.4 cm³/mol. The summed E-state index contributed by atoms with van der Waals surface area (Å²) >= 11 is 0. The van der Waals surface area contributed by atoms with Gasteiger partial charge in [0.05, 0.1) is 0 Å². The summed E-state index contributed by atoms with van der Waals surface area (Å²) in [6.07, 6.45) is 1.36. The number of Topliss-reactive ketones (excluding diaryl/α,β-unsaturated/α-hetero) is 1. The van der Waals surface area contributed by atoms with Crippen LogP contribution in [0.4, 0.5) is 10.1 Å². The SMILES string of the molecule is CCCC(=O)c1ccc(N2CCC(F)C2)cc1. The van der Waals surface area contributed by atoms with E-state index < -0.39 is 6.17 Å². The Bertz CT molecular complexity index is 388. The summed E-state index contributed by atoms with van der Waals surface area (Å²) < 4.78 is 13.1. The standard InChI is InChI=1S/C14H18FNO/c1-2-3-14(17)11-4-6-13(7-5-11)16-9-8-12(15)10-16/h4-7,12H,2-3,8-10H2,1H3. The number of hydrogen-bond donors (Lipinski definition) is 0. The molecule has 1 aliphatic rings. The number of benzene rings is 1. The number of anilines is 1. The van der Waals surface area contributed by atoms with Crippen LogP contribution in [-0.2, 0) is 0 Å². The molecule has 92 valence electrons. The Balaban J connectivity index is 2.05. The van der Waals surface area contributed by atoms with Gasteiger partial charge in [0, 0.05) is 30.8 Å². The number of halogens is 1. The highest BCUT2D eigenvalue weighted by Gasteiger charge is 2.21. The zero-order chi connectivity index (χ0) is 12.3. The molecule has 0 aromatic heterocycles. The Hall–Kier alpha value is -1.38. The minimum absolute atomic E-state index is 0.184. The van der Waals surface area contributed by atoms with Crippen LogP contribution in [-0.4, -0.2) is 25.0 Å². The van der Waals surface area contributed by atoms with Crippen LogP contribution in [0.1, 0.15) is 36.5 Å². The zero-order valence-electron chi connectivity index (χ0n) is 10.2. The molecule has 1 aromatic rings. The van der Waals surface area contributed by atoms with Gasteiger partial charge in [-0.15, -0.1) is 0 Å². The molecule has 1 aromatic carbocycles. The molecular formula is C14H18FNO. The average molecular weight is 235 g/mol. The first-order chi connectivity index (χ1) is 8.20. The minimum Gasteiger partial charge on any atom is -0.369 e. The highest BCUT2D eigenvalue weighted by Crippen LogP contribution is 2.22. The fourth-order valence-corrected chi connectivity index (χ4v) is 2.18. The van der Waals surface area contributed by atoms with Crippen LogP contribution in [0.3, 0.4) is 0 Å². The van der Waals surface area contributed by atoms with Crippen molar-refractivity contribution in [3.63, 3.8) is 0 Å². The molecule has 3 heteroatoms. The van der Waals surface area contributed by atoms with Gasteiger partial charge < -0.3 is 4.90 Å². The van der Waals surface area contributed by atoms with Gasteiger partial charge in [-0.25, -0.2) is 4.39 Å². The van der Waals surface area contributed by atoms with Crippen LogP contribution in [0, 0.1) is 0 Å². The normalized spacial score (nSPS) is 19.6. The van der Waals surface area contributed by atoms with Crippen molar-refractivity contribution < 1.29 is 9.18 Å². The Morgan fingerprint density at radius 3 is 2.65 bits per heavy atom. The first-order valence-electron chi connectivity index (χ1n) is 6.23. The molecule has 0 amide bonds. The summed E-state index contributed by atoms with van der Waals surface area (Å²) in [5, 5.41) is 0. The fourth-order valence-electron chi connectivity index (χ4n) is 2.18. The van der Waals surface area contributed by atoms with E-state index in [0.29, 0.717) is 19.4 Å². The van der Waals surface area contributed by atoms with E-state index in [1.807, 2.05) is 36.1 Å². The summed E-state index contributed by atoms with van der Waals surface area (Å²) in [6, 6.07) is 7.53. The Morgan fingerprint density at radius 1 is 1.41 bits per heavy atom. The topological polar surface area (TPSA) is 20.3 Å². The van der Waals surface area contributed by atoms with E-state index in [9.17, 15) is 9.18 Å². The number of rotatable bonds is 4. The van der Waals surface area contributed by atoms with Gasteiger partial charge in [0.1, 0.15) is 6.17 Å². The first-order valence-corrected chi connectivity index (χ1v) is 6.23. The van der Waals surface area contributed by atoms with Gasteiger partial charge >= 0.3 is 0 Å². The van der Waals surface area contributed by atoms with Crippen molar-refractivity contribution >= 4 is 11.5 Å². The monoisotopic (exact) mass is 235 g/mol. The lowest BCUT2D eigenvalue weighted by Crippen LogP contribution is -2.19. The van der Waals surface area contributed by atoms with Gasteiger partial charge in [0.15, 0.2) is 5.78 Å². The van der Waals surface area contributed by atoms with E-state index in [1.54, 1.807) is 0 Å². The third-order valence-electron chi connectivity index (χ3n) is 3.16. The maximum absolute atomic E-state index is 13.1. The van der Waals surface area contributed by atoms with Gasteiger partial charge in [-0.3, -0.25) is 4.79 Å². The first kappa shape index (κ1) is 12.1. The third kappa shape index (κ3) is 2.84. The molecule has 0 radical (unpaired) electrons. The molecule has 1 heterocycles. The van der Waals surface area contributed by atoms with Crippen LogP contribution in [0.15, 0.2) is 24.3 Å². The lowest BCUT2D eigenvalue weighted by Gasteiger charge is -2.17. The summed E-state index contributed by atoms with van der Waals surface area (Å²) in [7, 11) is 0. The van der Waals surface area contributed by atoms with Crippen LogP contribution in [0.5, 0.6) is 0 Å². The number of nitrogens with zero attached hydrogens (tertiary/aromatic N) is 1. The second kappa shape index (κ2) is 5.30. The van der Waals surface area contributed by atoms with Crippen molar-refractivity contribution in [2.75, 3.05) is 18.0 Å². The van der Waals surface area contributed by atoms with Gasteiger partial charge in [0.25, 0.3) is 0 Å². The number of alkyl halides is 1. The second-order valence-electron chi connectivity index (χ2n) is 4.55. The molecule has 1 aliphatic heterocycles. The Morgan fingerprint density at radius 2 is 2.12 bits per heavy atom. The highest BCUT2D eigenvalue weighted by atomic mass is 19.1. The number of ketones is 1. The molecule has 0 saturated carbocycles. The van der Waals surface area contributed by atoms with Crippen LogP contribution in [0.25, 0.3) is 0 Å². The van der Waals surface area contributed by atoms with Crippen LogP contribution >= 0.6 is 0 Å². The van der Waals surface area contributed by atoms with Gasteiger partial charge in [-0.2, -0.15) is 0 Å². The molecule has 1 saturated heterocycles.